The molecule has 11 nitrogen and oxygen atoms in total. The average molecular weight is 532 g/mol. The second kappa shape index (κ2) is 11.6. The van der Waals surface area contributed by atoms with Crippen molar-refractivity contribution in [1.82, 2.24) is 25.5 Å². The van der Waals surface area contributed by atoms with Gasteiger partial charge in [-0.15, -0.1) is 0 Å². The summed E-state index contributed by atoms with van der Waals surface area (Å²) in [7, 11) is 0. The molecule has 3 aromatic rings. The molecule has 0 spiro atoms. The predicted octanol–water partition coefficient (Wildman–Crippen LogP) is 1.71. The van der Waals surface area contributed by atoms with Crippen LogP contribution in [0.2, 0.25) is 0 Å². The number of ether oxygens (including phenoxy) is 2. The van der Waals surface area contributed by atoms with Crippen LogP contribution in [0.25, 0.3) is 11.0 Å². The summed E-state index contributed by atoms with van der Waals surface area (Å²) in [5.74, 6) is -1.78. The summed E-state index contributed by atoms with van der Waals surface area (Å²) < 4.78 is 11.0. The number of carbonyl (C=O) groups is 4. The second-order valence-corrected chi connectivity index (χ2v) is 9.60. The molecule has 2 aromatic carbocycles. The highest BCUT2D eigenvalue weighted by Crippen LogP contribution is 2.22. The number of cyclic esters (lactones) is 1. The lowest BCUT2D eigenvalue weighted by molar-refractivity contribution is -0.168. The summed E-state index contributed by atoms with van der Waals surface area (Å²) in [6, 6.07) is 14.3. The number of fused-ring (bicyclic) bond motifs is 1. The molecule has 39 heavy (non-hydrogen) atoms. The molecule has 2 N–H and O–H groups in total. The van der Waals surface area contributed by atoms with Gasteiger partial charge in [0.25, 0.3) is 5.91 Å². The number of nitrogens with zero attached hydrogens (tertiary/aromatic N) is 3. The van der Waals surface area contributed by atoms with Gasteiger partial charge in [0.1, 0.15) is 23.8 Å². The Hall–Kier alpha value is -4.38. The minimum atomic E-state index is -0.923. The standard InChI is InChI=1S/C28H29N5O6/c1-17(30-25(35)22-15-29-19-10-5-6-11-20(19)31-22)27(37)33-13-7-12-23(33)26(36)32-21-14-24(34)39-28(21)38-16-18-8-3-2-4-9-18/h2-6,8-11,15,17,21,23,28H,7,12-14,16H2,1H3,(H,30,35)(H,32,36)/t17-,21?,23-,28?/m0/s1. The lowest BCUT2D eigenvalue weighted by Crippen LogP contribution is -2.54. The number of hydrogen-bond acceptors (Lipinski definition) is 8. The van der Waals surface area contributed by atoms with Crippen molar-refractivity contribution in [2.45, 2.75) is 57.2 Å². The molecule has 1 aromatic heterocycles. The van der Waals surface area contributed by atoms with Crippen LogP contribution in [-0.2, 0) is 30.5 Å². The minimum absolute atomic E-state index is 0.0227. The number of carbonyl (C=O) groups excluding carboxylic acids is 4. The van der Waals surface area contributed by atoms with E-state index < -0.39 is 42.2 Å². The van der Waals surface area contributed by atoms with E-state index in [1.54, 1.807) is 25.1 Å². The maximum absolute atomic E-state index is 13.2. The van der Waals surface area contributed by atoms with Gasteiger partial charge in [0.05, 0.1) is 30.3 Å². The van der Waals surface area contributed by atoms with E-state index in [1.165, 1.54) is 11.1 Å². The highest BCUT2D eigenvalue weighted by Gasteiger charge is 2.41. The summed E-state index contributed by atoms with van der Waals surface area (Å²) in [6.07, 6.45) is 1.52. The molecule has 0 aliphatic carbocycles. The second-order valence-electron chi connectivity index (χ2n) is 9.60. The zero-order valence-electron chi connectivity index (χ0n) is 21.4. The largest absolute Gasteiger partial charge is 0.433 e. The maximum atomic E-state index is 13.2. The molecule has 2 unspecified atom stereocenters. The molecule has 3 amide bonds. The van der Waals surface area contributed by atoms with E-state index in [0.29, 0.717) is 30.4 Å². The summed E-state index contributed by atoms with van der Waals surface area (Å²) >= 11 is 0. The normalized spacial score (nSPS) is 21.4. The summed E-state index contributed by atoms with van der Waals surface area (Å²) in [5, 5.41) is 5.50. The summed E-state index contributed by atoms with van der Waals surface area (Å²) in [6.45, 7) is 2.16. The van der Waals surface area contributed by atoms with Crippen LogP contribution in [0.1, 0.15) is 42.2 Å². The number of hydrogen-bond donors (Lipinski definition) is 2. The van der Waals surface area contributed by atoms with E-state index in [9.17, 15) is 19.2 Å². The topological polar surface area (TPSA) is 140 Å². The molecule has 2 fully saturated rings. The predicted molar refractivity (Wildman–Crippen MR) is 139 cm³/mol. The third-order valence-electron chi connectivity index (χ3n) is 6.79. The number of amides is 3. The van der Waals surface area contributed by atoms with Crippen LogP contribution in [0.5, 0.6) is 0 Å². The smallest absolute Gasteiger partial charge is 0.310 e. The van der Waals surface area contributed by atoms with Gasteiger partial charge in [-0.3, -0.25) is 24.2 Å². The number of benzene rings is 2. The highest BCUT2D eigenvalue weighted by molar-refractivity contribution is 5.98. The van der Waals surface area contributed by atoms with Crippen molar-refractivity contribution < 1.29 is 28.7 Å². The Morgan fingerprint density at radius 3 is 2.64 bits per heavy atom. The molecule has 3 heterocycles. The van der Waals surface area contributed by atoms with Crippen LogP contribution in [0.3, 0.4) is 0 Å². The van der Waals surface area contributed by atoms with E-state index >= 15 is 0 Å². The van der Waals surface area contributed by atoms with Crippen LogP contribution in [0, 0.1) is 0 Å². The van der Waals surface area contributed by atoms with Gasteiger partial charge < -0.3 is 25.0 Å². The molecular weight excluding hydrogens is 502 g/mol. The van der Waals surface area contributed by atoms with Crippen LogP contribution in [-0.4, -0.2) is 69.5 Å². The first-order valence-electron chi connectivity index (χ1n) is 12.9. The molecule has 2 aliphatic rings. The number of para-hydroxylation sites is 2. The first-order chi connectivity index (χ1) is 18.9. The van der Waals surface area contributed by atoms with Crippen molar-refractivity contribution in [2.75, 3.05) is 6.54 Å². The van der Waals surface area contributed by atoms with Gasteiger partial charge in [-0.25, -0.2) is 4.98 Å². The monoisotopic (exact) mass is 531 g/mol. The summed E-state index contributed by atoms with van der Waals surface area (Å²) in [4.78, 5) is 61.2. The highest BCUT2D eigenvalue weighted by atomic mass is 16.7. The van der Waals surface area contributed by atoms with Gasteiger partial charge in [0, 0.05) is 6.54 Å². The van der Waals surface area contributed by atoms with E-state index in [-0.39, 0.29) is 24.6 Å². The molecule has 0 bridgehead atoms. The van der Waals surface area contributed by atoms with E-state index in [1.807, 2.05) is 36.4 Å². The quantitative estimate of drug-likeness (QED) is 0.419. The zero-order valence-corrected chi connectivity index (χ0v) is 21.4. The zero-order chi connectivity index (χ0) is 27.4. The SMILES string of the molecule is C[C@H](NC(=O)c1cnc2ccccc2n1)C(=O)N1CCC[C@H]1C(=O)NC1CC(=O)OC1OCc1ccccc1. The molecular formula is C28H29N5O6. The third-order valence-corrected chi connectivity index (χ3v) is 6.79. The van der Waals surface area contributed by atoms with E-state index in [2.05, 4.69) is 20.6 Å². The Bertz CT molecular complexity index is 1380. The first kappa shape index (κ1) is 26.2. The van der Waals surface area contributed by atoms with Gasteiger partial charge in [-0.05, 0) is 37.5 Å². The fraction of sp³-hybridized carbons (Fsp3) is 0.357. The lowest BCUT2D eigenvalue weighted by atomic mass is 10.1. The van der Waals surface area contributed by atoms with Crippen molar-refractivity contribution in [3.05, 3.63) is 72.1 Å². The molecule has 2 aliphatic heterocycles. The lowest BCUT2D eigenvalue weighted by Gasteiger charge is -2.28. The van der Waals surface area contributed by atoms with Crippen molar-refractivity contribution in [2.24, 2.45) is 0 Å². The van der Waals surface area contributed by atoms with Crippen LogP contribution in [0.15, 0.2) is 60.8 Å². The molecule has 0 radical (unpaired) electrons. The van der Waals surface area contributed by atoms with Gasteiger partial charge in [0.15, 0.2) is 0 Å². The molecule has 4 atom stereocenters. The van der Waals surface area contributed by atoms with Gasteiger partial charge in [-0.2, -0.15) is 0 Å². The van der Waals surface area contributed by atoms with Crippen molar-refractivity contribution in [3.8, 4) is 0 Å². The van der Waals surface area contributed by atoms with Crippen molar-refractivity contribution >= 4 is 34.7 Å². The van der Waals surface area contributed by atoms with Gasteiger partial charge >= 0.3 is 5.97 Å². The fourth-order valence-corrected chi connectivity index (χ4v) is 4.79. The molecule has 0 saturated carbocycles. The Morgan fingerprint density at radius 1 is 1.10 bits per heavy atom. The van der Waals surface area contributed by atoms with Crippen LogP contribution < -0.4 is 10.6 Å². The molecule has 11 heteroatoms. The summed E-state index contributed by atoms with van der Waals surface area (Å²) in [5.41, 5.74) is 2.23. The Morgan fingerprint density at radius 2 is 1.85 bits per heavy atom. The number of nitrogens with one attached hydrogen (secondary N) is 2. The molecule has 2 saturated heterocycles. The number of esters is 1. The number of rotatable bonds is 8. The number of aromatic nitrogens is 2. The fourth-order valence-electron chi connectivity index (χ4n) is 4.79. The van der Waals surface area contributed by atoms with Crippen LogP contribution in [0.4, 0.5) is 0 Å². The van der Waals surface area contributed by atoms with Crippen molar-refractivity contribution in [3.63, 3.8) is 0 Å². The van der Waals surface area contributed by atoms with E-state index in [0.717, 1.165) is 5.56 Å². The van der Waals surface area contributed by atoms with E-state index in [4.69, 9.17) is 9.47 Å². The Kier molecular flexibility index (Phi) is 7.78. The molecule has 5 rings (SSSR count). The maximum Gasteiger partial charge on any atom is 0.310 e. The Labute approximate surface area is 224 Å². The van der Waals surface area contributed by atoms with Crippen LogP contribution >= 0.6 is 0 Å². The first-order valence-corrected chi connectivity index (χ1v) is 12.9. The average Bonchev–Trinajstić information content (AvgIpc) is 3.58. The molecule has 202 valence electrons. The van der Waals surface area contributed by atoms with Crippen molar-refractivity contribution in [1.29, 1.82) is 0 Å². The number of likely N-dealkylation sites (tertiary alicyclic amines) is 1. The minimum Gasteiger partial charge on any atom is -0.433 e. The Balaban J connectivity index is 1.18. The van der Waals surface area contributed by atoms with Gasteiger partial charge in [-0.1, -0.05) is 42.5 Å². The third kappa shape index (κ3) is 6.04. The van der Waals surface area contributed by atoms with Gasteiger partial charge in [0.2, 0.25) is 18.1 Å².